The quantitative estimate of drug-likeness (QED) is 0.772. The number of aromatic nitrogens is 3. The predicted octanol–water partition coefficient (Wildman–Crippen LogP) is 1.60. The van der Waals surface area contributed by atoms with Crippen LogP contribution < -0.4 is 17.0 Å². The molecule has 0 spiro atoms. The molecule has 118 valence electrons. The first-order valence-electron chi connectivity index (χ1n) is 6.67. The number of anilines is 1. The van der Waals surface area contributed by atoms with Crippen molar-refractivity contribution in [3.63, 3.8) is 0 Å². The second-order valence-corrected chi connectivity index (χ2v) is 5.87. The summed E-state index contributed by atoms with van der Waals surface area (Å²) in [4.78, 5) is 28.6. The van der Waals surface area contributed by atoms with E-state index in [2.05, 4.69) is 4.98 Å². The number of rotatable bonds is 2. The zero-order valence-electron chi connectivity index (χ0n) is 12.4. The van der Waals surface area contributed by atoms with E-state index in [1.165, 1.54) is 42.1 Å². The van der Waals surface area contributed by atoms with Crippen molar-refractivity contribution in [3.05, 3.63) is 56.3 Å². The largest absolute Gasteiger partial charge is 0.384 e. The van der Waals surface area contributed by atoms with Crippen LogP contribution in [0.4, 0.5) is 10.2 Å². The molecule has 2 heterocycles. The fraction of sp³-hybridized carbons (Fsp3) is 0.133. The van der Waals surface area contributed by atoms with Crippen molar-refractivity contribution in [3.8, 4) is 21.8 Å². The SMILES string of the molecule is Cn1c(N)c(-c2csc(-c3cccc(F)c3)n2)c(=O)n(C)c1=O. The van der Waals surface area contributed by atoms with E-state index in [1.54, 1.807) is 17.5 Å². The van der Waals surface area contributed by atoms with Gasteiger partial charge in [-0.15, -0.1) is 11.3 Å². The van der Waals surface area contributed by atoms with E-state index in [0.29, 0.717) is 16.3 Å². The van der Waals surface area contributed by atoms with Crippen molar-refractivity contribution in [2.24, 2.45) is 14.1 Å². The van der Waals surface area contributed by atoms with Crippen LogP contribution in [0.1, 0.15) is 0 Å². The molecular formula is C15H13FN4O2S. The second-order valence-electron chi connectivity index (χ2n) is 5.01. The van der Waals surface area contributed by atoms with Crippen LogP contribution in [0.15, 0.2) is 39.2 Å². The van der Waals surface area contributed by atoms with Gasteiger partial charge >= 0.3 is 5.69 Å². The summed E-state index contributed by atoms with van der Waals surface area (Å²) in [6.45, 7) is 0. The van der Waals surface area contributed by atoms with Gasteiger partial charge in [-0.25, -0.2) is 14.2 Å². The zero-order chi connectivity index (χ0) is 16.7. The number of hydrogen-bond donors (Lipinski definition) is 1. The van der Waals surface area contributed by atoms with Crippen LogP contribution in [-0.4, -0.2) is 14.1 Å². The van der Waals surface area contributed by atoms with Crippen molar-refractivity contribution in [2.45, 2.75) is 0 Å². The molecular weight excluding hydrogens is 319 g/mol. The first kappa shape index (κ1) is 15.2. The standard InChI is InChI=1S/C15H13FN4O2S/c1-19-12(17)11(14(21)20(2)15(19)22)10-7-23-13(18-10)8-4-3-5-9(16)6-8/h3-7H,17H2,1-2H3. The fourth-order valence-electron chi connectivity index (χ4n) is 2.24. The highest BCUT2D eigenvalue weighted by Gasteiger charge is 2.18. The van der Waals surface area contributed by atoms with Crippen LogP contribution >= 0.6 is 11.3 Å². The van der Waals surface area contributed by atoms with E-state index in [9.17, 15) is 14.0 Å². The Morgan fingerprint density at radius 3 is 2.65 bits per heavy atom. The Morgan fingerprint density at radius 1 is 1.22 bits per heavy atom. The van der Waals surface area contributed by atoms with E-state index < -0.39 is 11.2 Å². The van der Waals surface area contributed by atoms with Crippen LogP contribution in [0.2, 0.25) is 0 Å². The minimum Gasteiger partial charge on any atom is -0.384 e. The van der Waals surface area contributed by atoms with E-state index in [4.69, 9.17) is 5.73 Å². The summed E-state index contributed by atoms with van der Waals surface area (Å²) in [7, 11) is 2.87. The predicted molar refractivity (Wildman–Crippen MR) is 87.8 cm³/mol. The highest BCUT2D eigenvalue weighted by molar-refractivity contribution is 7.13. The Labute approximate surface area is 134 Å². The van der Waals surface area contributed by atoms with E-state index >= 15 is 0 Å². The van der Waals surface area contributed by atoms with Crippen LogP contribution in [0.3, 0.4) is 0 Å². The lowest BCUT2D eigenvalue weighted by Gasteiger charge is -2.09. The molecule has 0 unspecified atom stereocenters. The molecule has 8 heteroatoms. The lowest BCUT2D eigenvalue weighted by atomic mass is 10.2. The van der Waals surface area contributed by atoms with Crippen LogP contribution in [0.25, 0.3) is 21.8 Å². The van der Waals surface area contributed by atoms with Gasteiger partial charge in [0, 0.05) is 25.0 Å². The molecule has 23 heavy (non-hydrogen) atoms. The summed E-state index contributed by atoms with van der Waals surface area (Å²) in [6, 6.07) is 6.03. The molecule has 0 amide bonds. The molecule has 6 nitrogen and oxygen atoms in total. The molecule has 2 N–H and O–H groups in total. The summed E-state index contributed by atoms with van der Waals surface area (Å²) in [5.41, 5.74) is 6.03. The third-order valence-corrected chi connectivity index (χ3v) is 4.43. The van der Waals surface area contributed by atoms with Gasteiger partial charge in [0.05, 0.1) is 5.69 Å². The van der Waals surface area contributed by atoms with E-state index in [0.717, 1.165) is 4.57 Å². The summed E-state index contributed by atoms with van der Waals surface area (Å²) in [5.74, 6) is -0.314. The highest BCUT2D eigenvalue weighted by atomic mass is 32.1. The number of nitrogen functional groups attached to an aromatic ring is 1. The minimum atomic E-state index is -0.512. The van der Waals surface area contributed by atoms with Gasteiger partial charge in [0.2, 0.25) is 0 Å². The van der Waals surface area contributed by atoms with Gasteiger partial charge in [0.25, 0.3) is 5.56 Å². The Balaban J connectivity index is 2.19. The summed E-state index contributed by atoms with van der Waals surface area (Å²) >= 11 is 1.27. The Hall–Kier alpha value is -2.74. The Bertz CT molecular complexity index is 1020. The van der Waals surface area contributed by atoms with Gasteiger partial charge in [-0.3, -0.25) is 13.9 Å². The maximum Gasteiger partial charge on any atom is 0.332 e. The van der Waals surface area contributed by atoms with Gasteiger partial charge in [-0.2, -0.15) is 0 Å². The molecule has 0 aliphatic carbocycles. The molecule has 3 rings (SSSR count). The number of thiazole rings is 1. The number of nitrogens with two attached hydrogens (primary N) is 1. The fourth-order valence-corrected chi connectivity index (χ4v) is 3.05. The number of nitrogens with zero attached hydrogens (tertiary/aromatic N) is 3. The number of benzene rings is 1. The Kier molecular flexibility index (Phi) is 3.61. The van der Waals surface area contributed by atoms with Gasteiger partial charge in [0.15, 0.2) is 0 Å². The minimum absolute atomic E-state index is 0.0502. The van der Waals surface area contributed by atoms with Crippen molar-refractivity contribution < 1.29 is 4.39 Å². The van der Waals surface area contributed by atoms with Crippen molar-refractivity contribution in [1.29, 1.82) is 0 Å². The van der Waals surface area contributed by atoms with Crippen molar-refractivity contribution >= 4 is 17.2 Å². The van der Waals surface area contributed by atoms with Crippen LogP contribution in [0, 0.1) is 5.82 Å². The average Bonchev–Trinajstić information content (AvgIpc) is 3.01. The number of halogens is 1. The molecule has 0 saturated carbocycles. The summed E-state index contributed by atoms with van der Waals surface area (Å²) < 4.78 is 15.5. The average molecular weight is 332 g/mol. The zero-order valence-corrected chi connectivity index (χ0v) is 13.2. The lowest BCUT2D eigenvalue weighted by molar-refractivity contribution is 0.628. The monoisotopic (exact) mass is 332 g/mol. The van der Waals surface area contributed by atoms with Crippen molar-refractivity contribution in [2.75, 3.05) is 5.73 Å². The molecule has 0 fully saturated rings. The molecule has 0 aliphatic rings. The number of hydrogen-bond acceptors (Lipinski definition) is 5. The maximum atomic E-state index is 13.3. The van der Waals surface area contributed by atoms with Crippen LogP contribution in [0.5, 0.6) is 0 Å². The smallest absolute Gasteiger partial charge is 0.332 e. The molecule has 0 bridgehead atoms. The van der Waals surface area contributed by atoms with E-state index in [-0.39, 0.29) is 17.2 Å². The molecule has 2 aromatic heterocycles. The third kappa shape index (κ3) is 2.46. The van der Waals surface area contributed by atoms with E-state index in [1.807, 2.05) is 0 Å². The first-order valence-corrected chi connectivity index (χ1v) is 7.55. The van der Waals surface area contributed by atoms with Gasteiger partial charge in [-0.1, -0.05) is 12.1 Å². The molecule has 3 aromatic rings. The molecule has 0 aliphatic heterocycles. The van der Waals surface area contributed by atoms with Crippen molar-refractivity contribution in [1.82, 2.24) is 14.1 Å². The second kappa shape index (κ2) is 5.47. The lowest BCUT2D eigenvalue weighted by Crippen LogP contribution is -2.39. The van der Waals surface area contributed by atoms with Crippen LogP contribution in [-0.2, 0) is 14.1 Å². The molecule has 0 saturated heterocycles. The molecule has 0 radical (unpaired) electrons. The Morgan fingerprint density at radius 2 is 1.96 bits per heavy atom. The summed E-state index contributed by atoms with van der Waals surface area (Å²) in [6.07, 6.45) is 0. The van der Waals surface area contributed by atoms with Gasteiger partial charge in [-0.05, 0) is 12.1 Å². The summed E-state index contributed by atoms with van der Waals surface area (Å²) in [5, 5.41) is 2.23. The normalized spacial score (nSPS) is 10.9. The highest BCUT2D eigenvalue weighted by Crippen LogP contribution is 2.29. The van der Waals surface area contributed by atoms with Gasteiger partial charge in [0.1, 0.15) is 22.2 Å². The topological polar surface area (TPSA) is 82.9 Å². The third-order valence-electron chi connectivity index (χ3n) is 3.54. The first-order chi connectivity index (χ1) is 10.9. The molecule has 0 atom stereocenters. The molecule has 1 aromatic carbocycles. The van der Waals surface area contributed by atoms with Gasteiger partial charge < -0.3 is 5.73 Å². The maximum absolute atomic E-state index is 13.3.